The van der Waals surface area contributed by atoms with Crippen molar-refractivity contribution < 1.29 is 19.1 Å². The number of methoxy groups -OCH3 is 1. The Morgan fingerprint density at radius 1 is 1.09 bits per heavy atom. The van der Waals surface area contributed by atoms with E-state index < -0.39 is 0 Å². The summed E-state index contributed by atoms with van der Waals surface area (Å²) in [5.41, 5.74) is 2.33. The number of carbonyl (C=O) groups excluding carboxylic acids is 2. The molecule has 0 N–H and O–H groups in total. The highest BCUT2D eigenvalue weighted by molar-refractivity contribution is 5.97. The fraction of sp³-hybridized carbons (Fsp3) is 0.263. The molecule has 0 aromatic heterocycles. The van der Waals surface area contributed by atoms with Gasteiger partial charge in [-0.05, 0) is 30.2 Å². The van der Waals surface area contributed by atoms with Crippen molar-refractivity contribution in [2.75, 3.05) is 13.7 Å². The van der Waals surface area contributed by atoms with Crippen molar-refractivity contribution in [1.82, 2.24) is 0 Å². The van der Waals surface area contributed by atoms with Crippen LogP contribution in [0.1, 0.15) is 39.6 Å². The highest BCUT2D eigenvalue weighted by atomic mass is 16.5. The van der Waals surface area contributed by atoms with Gasteiger partial charge in [-0.3, -0.25) is 9.59 Å². The topological polar surface area (TPSA) is 52.6 Å². The van der Waals surface area contributed by atoms with E-state index in [1.165, 1.54) is 12.7 Å². The molecule has 0 fully saturated rings. The SMILES string of the molecule is CCCc1ccc(C(=O)COc2ccc(C=O)cc2OC)cc1. The Morgan fingerprint density at radius 2 is 1.83 bits per heavy atom. The molecule has 2 aromatic rings. The Bertz CT molecular complexity index is 674. The fourth-order valence-corrected chi connectivity index (χ4v) is 2.25. The van der Waals surface area contributed by atoms with Crippen molar-refractivity contribution in [3.05, 3.63) is 59.2 Å². The van der Waals surface area contributed by atoms with Gasteiger partial charge in [0.1, 0.15) is 6.29 Å². The largest absolute Gasteiger partial charge is 0.493 e. The van der Waals surface area contributed by atoms with E-state index in [1.807, 2.05) is 24.3 Å². The normalized spacial score (nSPS) is 10.2. The van der Waals surface area contributed by atoms with Gasteiger partial charge in [-0.1, -0.05) is 37.6 Å². The lowest BCUT2D eigenvalue weighted by Gasteiger charge is -2.10. The lowest BCUT2D eigenvalue weighted by atomic mass is 10.1. The number of aryl methyl sites for hydroxylation is 1. The summed E-state index contributed by atoms with van der Waals surface area (Å²) < 4.78 is 10.7. The third-order valence-electron chi connectivity index (χ3n) is 3.50. The van der Waals surface area contributed by atoms with Crippen molar-refractivity contribution >= 4 is 12.1 Å². The van der Waals surface area contributed by atoms with Crippen LogP contribution >= 0.6 is 0 Å². The predicted molar refractivity (Wildman–Crippen MR) is 88.6 cm³/mol. The molecule has 23 heavy (non-hydrogen) atoms. The molecule has 0 aliphatic rings. The van der Waals surface area contributed by atoms with Crippen LogP contribution in [0, 0.1) is 0 Å². The third-order valence-corrected chi connectivity index (χ3v) is 3.50. The van der Waals surface area contributed by atoms with E-state index >= 15 is 0 Å². The molecular weight excluding hydrogens is 292 g/mol. The van der Waals surface area contributed by atoms with Crippen LogP contribution in [0.3, 0.4) is 0 Å². The number of benzene rings is 2. The minimum Gasteiger partial charge on any atom is -0.493 e. The monoisotopic (exact) mass is 312 g/mol. The zero-order valence-electron chi connectivity index (χ0n) is 13.4. The molecule has 0 spiro atoms. The van der Waals surface area contributed by atoms with Crippen LogP contribution in [0.25, 0.3) is 0 Å². The molecule has 0 saturated carbocycles. The van der Waals surface area contributed by atoms with Gasteiger partial charge >= 0.3 is 0 Å². The van der Waals surface area contributed by atoms with Crippen molar-refractivity contribution in [1.29, 1.82) is 0 Å². The number of ether oxygens (including phenoxy) is 2. The van der Waals surface area contributed by atoms with E-state index in [0.29, 0.717) is 22.6 Å². The summed E-state index contributed by atoms with van der Waals surface area (Å²) in [5, 5.41) is 0. The average Bonchev–Trinajstić information content (AvgIpc) is 2.60. The second-order valence-electron chi connectivity index (χ2n) is 5.19. The second-order valence-corrected chi connectivity index (χ2v) is 5.19. The van der Waals surface area contributed by atoms with Crippen LogP contribution in [-0.2, 0) is 6.42 Å². The Kier molecular flexibility index (Phi) is 5.92. The molecule has 0 bridgehead atoms. The maximum absolute atomic E-state index is 12.2. The molecule has 4 nitrogen and oxygen atoms in total. The summed E-state index contributed by atoms with van der Waals surface area (Å²) >= 11 is 0. The first-order valence-corrected chi connectivity index (χ1v) is 7.56. The first-order chi connectivity index (χ1) is 11.2. The van der Waals surface area contributed by atoms with Gasteiger partial charge < -0.3 is 9.47 Å². The molecule has 0 aliphatic heterocycles. The average molecular weight is 312 g/mol. The molecule has 2 rings (SSSR count). The number of hydrogen-bond acceptors (Lipinski definition) is 4. The fourth-order valence-electron chi connectivity index (χ4n) is 2.25. The van der Waals surface area contributed by atoms with Crippen molar-refractivity contribution in [3.63, 3.8) is 0 Å². The standard InChI is InChI=1S/C19H20O4/c1-3-4-14-5-8-16(9-6-14)17(21)13-23-18-10-7-15(12-20)11-19(18)22-2/h5-12H,3-4,13H2,1-2H3. The zero-order chi connectivity index (χ0) is 16.7. The quantitative estimate of drug-likeness (QED) is 0.550. The van der Waals surface area contributed by atoms with E-state index in [1.54, 1.807) is 18.2 Å². The number of ketones is 1. The lowest BCUT2D eigenvalue weighted by molar-refractivity contribution is 0.0919. The predicted octanol–water partition coefficient (Wildman–Crippen LogP) is 3.72. The van der Waals surface area contributed by atoms with Gasteiger partial charge in [0, 0.05) is 11.1 Å². The first kappa shape index (κ1) is 16.7. The smallest absolute Gasteiger partial charge is 0.200 e. The van der Waals surface area contributed by atoms with E-state index in [4.69, 9.17) is 9.47 Å². The molecular formula is C19H20O4. The molecule has 120 valence electrons. The molecule has 0 heterocycles. The molecule has 0 aliphatic carbocycles. The van der Waals surface area contributed by atoms with E-state index in [2.05, 4.69) is 6.92 Å². The summed E-state index contributed by atoms with van der Waals surface area (Å²) in [6.45, 7) is 2.04. The van der Waals surface area contributed by atoms with Gasteiger partial charge in [-0.25, -0.2) is 0 Å². The number of carbonyl (C=O) groups is 2. The number of hydrogen-bond donors (Lipinski definition) is 0. The van der Waals surface area contributed by atoms with Crippen LogP contribution in [0.15, 0.2) is 42.5 Å². The molecule has 0 unspecified atom stereocenters. The Labute approximate surface area is 136 Å². The van der Waals surface area contributed by atoms with Gasteiger partial charge in [-0.2, -0.15) is 0 Å². The lowest BCUT2D eigenvalue weighted by Crippen LogP contribution is -2.12. The van der Waals surface area contributed by atoms with Crippen molar-refractivity contribution in [3.8, 4) is 11.5 Å². The minimum absolute atomic E-state index is 0.0794. The van der Waals surface area contributed by atoms with Gasteiger partial charge in [0.25, 0.3) is 0 Å². The van der Waals surface area contributed by atoms with Crippen LogP contribution < -0.4 is 9.47 Å². The van der Waals surface area contributed by atoms with Gasteiger partial charge in [-0.15, -0.1) is 0 Å². The van der Waals surface area contributed by atoms with Crippen LogP contribution in [0.2, 0.25) is 0 Å². The number of rotatable bonds is 8. The molecule has 0 atom stereocenters. The molecule has 0 amide bonds. The van der Waals surface area contributed by atoms with Crippen LogP contribution in [0.5, 0.6) is 11.5 Å². The highest BCUT2D eigenvalue weighted by Gasteiger charge is 2.10. The van der Waals surface area contributed by atoms with E-state index in [0.717, 1.165) is 19.1 Å². The van der Waals surface area contributed by atoms with E-state index in [9.17, 15) is 9.59 Å². The maximum atomic E-state index is 12.2. The van der Waals surface area contributed by atoms with E-state index in [-0.39, 0.29) is 12.4 Å². The molecule has 0 saturated heterocycles. The number of aldehydes is 1. The van der Waals surface area contributed by atoms with Gasteiger partial charge in [0.05, 0.1) is 7.11 Å². The highest BCUT2D eigenvalue weighted by Crippen LogP contribution is 2.27. The molecule has 2 aromatic carbocycles. The Morgan fingerprint density at radius 3 is 2.43 bits per heavy atom. The summed E-state index contributed by atoms with van der Waals surface area (Å²) in [6.07, 6.45) is 2.81. The van der Waals surface area contributed by atoms with Gasteiger partial charge in [0.2, 0.25) is 0 Å². The van der Waals surface area contributed by atoms with Crippen LogP contribution in [-0.4, -0.2) is 25.8 Å². The summed E-state index contributed by atoms with van der Waals surface area (Å²) in [4.78, 5) is 22.9. The summed E-state index contributed by atoms with van der Waals surface area (Å²) in [5.74, 6) is 0.768. The molecule has 0 radical (unpaired) electrons. The second kappa shape index (κ2) is 8.13. The third kappa shape index (κ3) is 4.42. The molecule has 4 heteroatoms. The number of Topliss-reactive ketones (excluding diaryl/α,β-unsaturated/α-hetero) is 1. The first-order valence-electron chi connectivity index (χ1n) is 7.56. The Balaban J connectivity index is 2.02. The minimum atomic E-state index is -0.102. The zero-order valence-corrected chi connectivity index (χ0v) is 13.4. The van der Waals surface area contributed by atoms with Gasteiger partial charge in [0.15, 0.2) is 23.9 Å². The Hall–Kier alpha value is -2.62. The van der Waals surface area contributed by atoms with Crippen molar-refractivity contribution in [2.45, 2.75) is 19.8 Å². The summed E-state index contributed by atoms with van der Waals surface area (Å²) in [7, 11) is 1.49. The summed E-state index contributed by atoms with van der Waals surface area (Å²) in [6, 6.07) is 12.4. The van der Waals surface area contributed by atoms with Crippen LogP contribution in [0.4, 0.5) is 0 Å². The van der Waals surface area contributed by atoms with Crippen molar-refractivity contribution in [2.24, 2.45) is 0 Å². The maximum Gasteiger partial charge on any atom is 0.200 e.